The lowest BCUT2D eigenvalue weighted by atomic mass is 10.0. The first-order valence-corrected chi connectivity index (χ1v) is 11.4. The molecule has 10 heteroatoms. The molecule has 184 valence electrons. The molecule has 1 aliphatic heterocycles. The van der Waals surface area contributed by atoms with E-state index in [0.29, 0.717) is 30.7 Å². The van der Waals surface area contributed by atoms with E-state index in [4.69, 9.17) is 4.74 Å². The normalized spacial score (nSPS) is 18.5. The lowest BCUT2D eigenvalue weighted by molar-refractivity contribution is -0.116. The Balaban J connectivity index is 1.60. The van der Waals surface area contributed by atoms with Crippen molar-refractivity contribution in [1.29, 1.82) is 0 Å². The number of ketones is 1. The molecule has 1 saturated heterocycles. The number of carbonyl (C=O) groups is 3. The minimum Gasteiger partial charge on any atom is -0.480 e. The van der Waals surface area contributed by atoms with Crippen LogP contribution in [-0.2, 0) is 11.3 Å². The number of rotatable bonds is 6. The topological polar surface area (TPSA) is 108 Å². The van der Waals surface area contributed by atoms with Crippen molar-refractivity contribution in [1.82, 2.24) is 25.1 Å². The maximum Gasteiger partial charge on any atom is 0.292 e. The third-order valence-corrected chi connectivity index (χ3v) is 6.41. The fraction of sp³-hybridized carbons (Fsp3) is 0.360. The Morgan fingerprint density at radius 1 is 1.14 bits per heavy atom. The van der Waals surface area contributed by atoms with E-state index >= 15 is 0 Å². The summed E-state index contributed by atoms with van der Waals surface area (Å²) in [5.41, 5.74) is 1.70. The predicted molar refractivity (Wildman–Crippen MR) is 128 cm³/mol. The Bertz CT molecular complexity index is 1270. The summed E-state index contributed by atoms with van der Waals surface area (Å²) in [7, 11) is 2.81. The van der Waals surface area contributed by atoms with Gasteiger partial charge in [0.1, 0.15) is 17.0 Å². The van der Waals surface area contributed by atoms with Gasteiger partial charge in [0.15, 0.2) is 0 Å². The van der Waals surface area contributed by atoms with Gasteiger partial charge in [-0.25, -0.2) is 4.39 Å². The molecular formula is C25H28FN5O4. The molecule has 2 amide bonds. The average molecular weight is 482 g/mol. The van der Waals surface area contributed by atoms with E-state index in [9.17, 15) is 18.8 Å². The second-order valence-corrected chi connectivity index (χ2v) is 8.76. The number of pyridine rings is 1. The zero-order chi connectivity index (χ0) is 25.3. The number of H-pyrrole nitrogens is 1. The molecular weight excluding hydrogens is 453 g/mol. The minimum atomic E-state index is -0.755. The molecule has 0 unspecified atom stereocenters. The third kappa shape index (κ3) is 4.74. The van der Waals surface area contributed by atoms with Crippen LogP contribution in [-0.4, -0.2) is 76.7 Å². The number of hydrogen-bond acceptors (Lipinski definition) is 6. The van der Waals surface area contributed by atoms with Gasteiger partial charge in [-0.2, -0.15) is 4.98 Å². The number of fused-ring (bicyclic) bond motifs is 1. The quantitative estimate of drug-likeness (QED) is 0.414. The molecule has 3 aromatic rings. The highest BCUT2D eigenvalue weighted by atomic mass is 19.1. The highest BCUT2D eigenvalue weighted by molar-refractivity contribution is 6.44. The van der Waals surface area contributed by atoms with E-state index in [-0.39, 0.29) is 40.8 Å². The molecule has 1 aromatic carbocycles. The van der Waals surface area contributed by atoms with Crippen LogP contribution in [0, 0.1) is 5.82 Å². The molecule has 2 atom stereocenters. The number of nitrogens with zero attached hydrogens (tertiary/aromatic N) is 3. The number of benzene rings is 1. The number of piperazine rings is 1. The minimum absolute atomic E-state index is 0.0561. The van der Waals surface area contributed by atoms with Gasteiger partial charge in [0, 0.05) is 50.3 Å². The average Bonchev–Trinajstić information content (AvgIpc) is 3.27. The van der Waals surface area contributed by atoms with E-state index in [0.717, 1.165) is 5.56 Å². The number of halogens is 1. The SMILES string of the molecule is CNC(=O)C(=O)c1c[nH]c2nc(OC)c(C(=O)N3C[C@H](C)N(Cc4ccc(F)cc4)C[C@H]3C)cc12. The van der Waals surface area contributed by atoms with Crippen LogP contribution in [0.15, 0.2) is 36.5 Å². The fourth-order valence-corrected chi connectivity index (χ4v) is 4.44. The molecule has 1 aliphatic rings. The van der Waals surface area contributed by atoms with Gasteiger partial charge in [-0.15, -0.1) is 0 Å². The van der Waals surface area contributed by atoms with Crippen LogP contribution >= 0.6 is 0 Å². The summed E-state index contributed by atoms with van der Waals surface area (Å²) in [6.07, 6.45) is 1.40. The largest absolute Gasteiger partial charge is 0.480 e. The third-order valence-electron chi connectivity index (χ3n) is 6.41. The molecule has 0 saturated carbocycles. The lowest BCUT2D eigenvalue weighted by Gasteiger charge is -2.44. The molecule has 9 nitrogen and oxygen atoms in total. The Kier molecular flexibility index (Phi) is 6.83. The molecule has 0 radical (unpaired) electrons. The highest BCUT2D eigenvalue weighted by Gasteiger charge is 2.34. The number of nitrogens with one attached hydrogen (secondary N) is 2. The van der Waals surface area contributed by atoms with Crippen LogP contribution in [0.3, 0.4) is 0 Å². The first kappa shape index (κ1) is 24.3. The summed E-state index contributed by atoms with van der Waals surface area (Å²) in [5, 5.41) is 2.69. The van der Waals surface area contributed by atoms with Gasteiger partial charge >= 0.3 is 0 Å². The zero-order valence-corrected chi connectivity index (χ0v) is 20.1. The van der Waals surface area contributed by atoms with Crippen molar-refractivity contribution in [3.63, 3.8) is 0 Å². The second-order valence-electron chi connectivity index (χ2n) is 8.76. The van der Waals surface area contributed by atoms with Gasteiger partial charge < -0.3 is 19.9 Å². The molecule has 0 aliphatic carbocycles. The zero-order valence-electron chi connectivity index (χ0n) is 20.1. The van der Waals surface area contributed by atoms with E-state index < -0.39 is 11.7 Å². The second kappa shape index (κ2) is 9.83. The van der Waals surface area contributed by atoms with E-state index in [1.807, 2.05) is 13.8 Å². The van der Waals surface area contributed by atoms with Crippen LogP contribution in [0.2, 0.25) is 0 Å². The standard InChI is InChI=1S/C25H28FN5O4/c1-14-12-31(15(2)11-30(14)13-16-5-7-17(26)8-6-16)25(34)19-9-18-20(21(32)23(33)27-3)10-28-22(18)29-24(19)35-4/h5-10,14-15H,11-13H2,1-4H3,(H,27,33)(H,28,29)/t14-,15+/m0/s1. The summed E-state index contributed by atoms with van der Waals surface area (Å²) in [5.74, 6) is -1.88. The van der Waals surface area contributed by atoms with Gasteiger partial charge in [0.05, 0.1) is 12.7 Å². The van der Waals surface area contributed by atoms with Crippen LogP contribution in [0.25, 0.3) is 11.0 Å². The number of ether oxygens (including phenoxy) is 1. The van der Waals surface area contributed by atoms with Crippen molar-refractivity contribution in [3.8, 4) is 5.88 Å². The van der Waals surface area contributed by atoms with Crippen LogP contribution in [0.5, 0.6) is 5.88 Å². The van der Waals surface area contributed by atoms with Crippen molar-refractivity contribution in [3.05, 3.63) is 59.0 Å². The van der Waals surface area contributed by atoms with E-state index in [2.05, 4.69) is 20.2 Å². The van der Waals surface area contributed by atoms with Gasteiger partial charge in [-0.1, -0.05) is 12.1 Å². The Morgan fingerprint density at radius 2 is 1.86 bits per heavy atom. The van der Waals surface area contributed by atoms with Crippen LogP contribution in [0.1, 0.15) is 40.1 Å². The van der Waals surface area contributed by atoms with E-state index in [1.165, 1.54) is 32.5 Å². The monoisotopic (exact) mass is 481 g/mol. The number of aromatic nitrogens is 2. The molecule has 0 bridgehead atoms. The smallest absolute Gasteiger partial charge is 0.292 e. The van der Waals surface area contributed by atoms with Crippen molar-refractivity contribution in [2.24, 2.45) is 0 Å². The van der Waals surface area contributed by atoms with Crippen LogP contribution in [0.4, 0.5) is 4.39 Å². The maximum absolute atomic E-state index is 13.6. The van der Waals surface area contributed by atoms with Crippen molar-refractivity contribution >= 4 is 28.6 Å². The summed E-state index contributed by atoms with van der Waals surface area (Å²) in [4.78, 5) is 49.3. The number of Topliss-reactive ketones (excluding diaryl/α,β-unsaturated/α-hetero) is 1. The lowest BCUT2D eigenvalue weighted by Crippen LogP contribution is -2.57. The Morgan fingerprint density at radius 3 is 2.51 bits per heavy atom. The summed E-state index contributed by atoms with van der Waals surface area (Å²) >= 11 is 0. The maximum atomic E-state index is 13.6. The molecule has 2 aromatic heterocycles. The number of aromatic amines is 1. The molecule has 1 fully saturated rings. The Labute approximate surface area is 202 Å². The summed E-state index contributed by atoms with van der Waals surface area (Å²) < 4.78 is 18.6. The van der Waals surface area contributed by atoms with Gasteiger partial charge in [-0.05, 0) is 37.6 Å². The molecule has 0 spiro atoms. The number of methoxy groups -OCH3 is 1. The fourth-order valence-electron chi connectivity index (χ4n) is 4.44. The number of likely N-dealkylation sites (N-methyl/N-ethyl adjacent to an activating group) is 1. The first-order valence-electron chi connectivity index (χ1n) is 11.4. The Hall–Kier alpha value is -3.79. The number of hydrogen-bond donors (Lipinski definition) is 2. The molecule has 35 heavy (non-hydrogen) atoms. The number of carbonyl (C=O) groups excluding carboxylic acids is 3. The summed E-state index contributed by atoms with van der Waals surface area (Å²) in [6, 6.07) is 7.93. The summed E-state index contributed by atoms with van der Waals surface area (Å²) in [6.45, 7) is 5.77. The van der Waals surface area contributed by atoms with Crippen molar-refractivity contribution in [2.75, 3.05) is 27.2 Å². The molecule has 4 rings (SSSR count). The van der Waals surface area contributed by atoms with Crippen LogP contribution < -0.4 is 10.1 Å². The van der Waals surface area contributed by atoms with Gasteiger partial charge in [-0.3, -0.25) is 19.3 Å². The highest BCUT2D eigenvalue weighted by Crippen LogP contribution is 2.28. The van der Waals surface area contributed by atoms with Gasteiger partial charge in [0.2, 0.25) is 5.88 Å². The first-order chi connectivity index (χ1) is 16.7. The van der Waals surface area contributed by atoms with Gasteiger partial charge in [0.25, 0.3) is 17.6 Å². The van der Waals surface area contributed by atoms with E-state index in [1.54, 1.807) is 23.1 Å². The predicted octanol–water partition coefficient (Wildman–Crippen LogP) is 2.37. The van der Waals surface area contributed by atoms with Crippen molar-refractivity contribution < 1.29 is 23.5 Å². The van der Waals surface area contributed by atoms with Crippen molar-refractivity contribution in [2.45, 2.75) is 32.5 Å². The molecule has 3 heterocycles. The molecule has 2 N–H and O–H groups in total. The number of amides is 2.